The minimum atomic E-state index is -0.0518. The molecule has 0 saturated heterocycles. The van der Waals surface area contributed by atoms with Crippen molar-refractivity contribution in [2.45, 2.75) is 130 Å². The van der Waals surface area contributed by atoms with E-state index in [1.807, 2.05) is 11.3 Å². The molecular formula is C64H63BN2O2S. The summed E-state index contributed by atoms with van der Waals surface area (Å²) in [7, 11) is 0.639. The summed E-state index contributed by atoms with van der Waals surface area (Å²) >= 11 is 1.94. The van der Waals surface area contributed by atoms with Crippen molar-refractivity contribution in [2.24, 2.45) is 0 Å². The van der Waals surface area contributed by atoms with Crippen molar-refractivity contribution in [3.8, 4) is 16.8 Å². The van der Waals surface area contributed by atoms with Gasteiger partial charge in [-0.2, -0.15) is 0 Å². The van der Waals surface area contributed by atoms with E-state index in [0.29, 0.717) is 7.28 Å². The number of hydrogen-bond donors (Lipinski definition) is 1. The molecule has 0 radical (unpaired) electrons. The lowest BCUT2D eigenvalue weighted by atomic mass is 9.61. The highest BCUT2D eigenvalue weighted by molar-refractivity contribution is 7.25. The molecule has 350 valence electrons. The van der Waals surface area contributed by atoms with Crippen LogP contribution in [-0.4, -0.2) is 11.8 Å². The lowest BCUT2D eigenvalue weighted by molar-refractivity contribution is 0.332. The Morgan fingerprint density at radius 2 is 1.17 bits per heavy atom. The molecule has 11 aromatic rings. The second kappa shape index (κ2) is 14.2. The van der Waals surface area contributed by atoms with E-state index in [4.69, 9.17) is 8.83 Å². The highest BCUT2D eigenvalue weighted by atomic mass is 32.1. The Bertz CT molecular complexity index is 4050. The minimum Gasteiger partial charge on any atom is -0.469 e. The Morgan fingerprint density at radius 3 is 1.87 bits per heavy atom. The summed E-state index contributed by atoms with van der Waals surface area (Å²) in [6.45, 7) is 30.4. The summed E-state index contributed by atoms with van der Waals surface area (Å²) in [4.78, 5) is 0. The van der Waals surface area contributed by atoms with Gasteiger partial charge >= 0.3 is 0 Å². The van der Waals surface area contributed by atoms with Gasteiger partial charge in [0.2, 0.25) is 7.28 Å². The largest absolute Gasteiger partial charge is 0.469 e. The van der Waals surface area contributed by atoms with Gasteiger partial charge in [-0.15, -0.1) is 11.3 Å². The molecule has 1 aliphatic carbocycles. The number of furan rings is 2. The van der Waals surface area contributed by atoms with Crippen molar-refractivity contribution >= 4 is 116 Å². The van der Waals surface area contributed by atoms with Crippen molar-refractivity contribution in [2.75, 3.05) is 5.32 Å². The third kappa shape index (κ3) is 6.33. The van der Waals surface area contributed by atoms with E-state index in [1.54, 1.807) is 0 Å². The first kappa shape index (κ1) is 43.8. The highest BCUT2D eigenvalue weighted by Crippen LogP contribution is 2.53. The minimum absolute atomic E-state index is 0.0261. The van der Waals surface area contributed by atoms with E-state index in [2.05, 4.69) is 209 Å². The fourth-order valence-electron chi connectivity index (χ4n) is 12.2. The summed E-state index contributed by atoms with van der Waals surface area (Å²) in [5.41, 5.74) is 20.1. The maximum Gasteiger partial charge on any atom is 0.244 e. The van der Waals surface area contributed by atoms with Crippen molar-refractivity contribution in [3.05, 3.63) is 137 Å². The molecule has 0 fully saturated rings. The van der Waals surface area contributed by atoms with Crippen LogP contribution in [0.1, 0.15) is 131 Å². The van der Waals surface area contributed by atoms with Crippen LogP contribution in [0.3, 0.4) is 0 Å². The maximum absolute atomic E-state index is 7.30. The first-order valence-electron chi connectivity index (χ1n) is 25.5. The lowest BCUT2D eigenvalue weighted by Gasteiger charge is -2.41. The monoisotopic (exact) mass is 934 g/mol. The van der Waals surface area contributed by atoms with Crippen molar-refractivity contribution in [1.29, 1.82) is 0 Å². The van der Waals surface area contributed by atoms with Crippen molar-refractivity contribution in [1.82, 2.24) is 4.57 Å². The number of anilines is 2. The molecule has 7 aromatic carbocycles. The molecule has 6 heteroatoms. The predicted molar refractivity (Wildman–Crippen MR) is 304 cm³/mol. The number of fused-ring (bicyclic) bond motifs is 15. The van der Waals surface area contributed by atoms with E-state index in [9.17, 15) is 0 Å². The summed E-state index contributed by atoms with van der Waals surface area (Å²) in [6.07, 6.45) is 2.37. The smallest absolute Gasteiger partial charge is 0.244 e. The third-order valence-electron chi connectivity index (χ3n) is 16.5. The predicted octanol–water partition coefficient (Wildman–Crippen LogP) is 17.1. The van der Waals surface area contributed by atoms with E-state index in [-0.39, 0.29) is 27.1 Å². The number of para-hydroxylation sites is 1. The molecule has 0 bridgehead atoms. The molecule has 2 aliphatic rings. The van der Waals surface area contributed by atoms with E-state index in [1.165, 1.54) is 99.2 Å². The van der Waals surface area contributed by atoms with Crippen LogP contribution in [0, 0.1) is 0 Å². The summed E-state index contributed by atoms with van der Waals surface area (Å²) in [5, 5.41) is 12.5. The second-order valence-corrected chi connectivity index (χ2v) is 26.4. The number of hydrogen-bond acceptors (Lipinski definition) is 4. The summed E-state index contributed by atoms with van der Waals surface area (Å²) < 4.78 is 19.6. The van der Waals surface area contributed by atoms with E-state index >= 15 is 0 Å². The zero-order valence-electron chi connectivity index (χ0n) is 43.2. The number of nitrogens with one attached hydrogen (secondary N) is 1. The van der Waals surface area contributed by atoms with Gasteiger partial charge in [-0.25, -0.2) is 0 Å². The van der Waals surface area contributed by atoms with Gasteiger partial charge in [0.05, 0.1) is 27.8 Å². The molecule has 1 aliphatic heterocycles. The number of aromatic nitrogens is 1. The molecule has 5 heterocycles. The fourth-order valence-corrected chi connectivity index (χ4v) is 13.4. The van der Waals surface area contributed by atoms with Gasteiger partial charge in [0, 0.05) is 58.7 Å². The molecule has 13 rings (SSSR count). The third-order valence-corrected chi connectivity index (χ3v) is 17.6. The van der Waals surface area contributed by atoms with Crippen LogP contribution >= 0.6 is 11.3 Å². The first-order valence-corrected chi connectivity index (χ1v) is 26.3. The molecule has 70 heavy (non-hydrogen) atoms. The average Bonchev–Trinajstić information content (AvgIpc) is 4.05. The molecular weight excluding hydrogens is 872 g/mol. The van der Waals surface area contributed by atoms with Crippen LogP contribution in [0.4, 0.5) is 11.4 Å². The maximum atomic E-state index is 7.30. The molecule has 0 spiro atoms. The first-order chi connectivity index (χ1) is 33.0. The van der Waals surface area contributed by atoms with Crippen LogP contribution in [-0.2, 0) is 27.1 Å². The Labute approximate surface area is 416 Å². The van der Waals surface area contributed by atoms with Crippen LogP contribution in [0.25, 0.3) is 91.7 Å². The Kier molecular flexibility index (Phi) is 8.89. The number of thiophene rings is 1. The Balaban J connectivity index is 1.19. The standard InChI is InChI=1S/C64H63BN2O2S/c1-60(2,3)34-18-22-37(23-19-34)66-46-31-40-39-30-44-45(64(12,13)27-26-63(44,10)11)33-51(39)70-50(40)32-41(46)52-53-38-16-14-15-17-48(38)68-58(53)54-42-28-35(61(4,5)6)20-24-47(42)67-56-43-29-36(62(7,8)9)21-25-49(43)69-59(56)65-55(52)57(54)67/h14-25,28-33,65-66H,26-27H2,1-13H3. The molecule has 4 nitrogen and oxygen atoms in total. The van der Waals surface area contributed by atoms with Gasteiger partial charge in [0.25, 0.3) is 0 Å². The van der Waals surface area contributed by atoms with E-state index < -0.39 is 0 Å². The van der Waals surface area contributed by atoms with Crippen molar-refractivity contribution < 1.29 is 8.83 Å². The number of rotatable bonds is 3. The molecule has 0 saturated carbocycles. The number of benzene rings is 7. The van der Waals surface area contributed by atoms with Crippen LogP contribution in [0.5, 0.6) is 0 Å². The quantitative estimate of drug-likeness (QED) is 0.180. The van der Waals surface area contributed by atoms with Gasteiger partial charge in [-0.1, -0.05) is 132 Å². The topological polar surface area (TPSA) is 43.2 Å². The van der Waals surface area contributed by atoms with Crippen LogP contribution in [0.15, 0.2) is 118 Å². The zero-order chi connectivity index (χ0) is 48.8. The second-order valence-electron chi connectivity index (χ2n) is 25.3. The van der Waals surface area contributed by atoms with Gasteiger partial charge < -0.3 is 18.7 Å². The molecule has 4 aromatic heterocycles. The number of nitrogens with zero attached hydrogens (tertiary/aromatic N) is 1. The van der Waals surface area contributed by atoms with Gasteiger partial charge in [-0.3, -0.25) is 0 Å². The molecule has 0 amide bonds. The van der Waals surface area contributed by atoms with Crippen LogP contribution in [0.2, 0.25) is 0 Å². The SMILES string of the molecule is CC(C)(C)c1ccc(Nc2cc3c(cc2-c2c4c5c(c6cc(C(C)(C)C)ccc6n5-c5c(oc6ccc(C(C)(C)C)cc56)B4)c4oc5ccccc5c24)sc2cc4c(cc23)C(C)(C)CCC4(C)C)cc1. The normalized spacial score (nSPS) is 15.7. The molecule has 0 unspecified atom stereocenters. The molecule has 0 atom stereocenters. The highest BCUT2D eigenvalue weighted by Gasteiger charge is 2.39. The fraction of sp³-hybridized carbons (Fsp3) is 0.312. The van der Waals surface area contributed by atoms with Gasteiger partial charge in [-0.05, 0) is 145 Å². The van der Waals surface area contributed by atoms with Crippen LogP contribution < -0.4 is 16.4 Å². The summed E-state index contributed by atoms with van der Waals surface area (Å²) in [6, 6.07) is 41.8. The zero-order valence-corrected chi connectivity index (χ0v) is 44.0. The lowest BCUT2D eigenvalue weighted by Crippen LogP contribution is -2.36. The van der Waals surface area contributed by atoms with Gasteiger partial charge in [0.15, 0.2) is 0 Å². The molecule has 1 N–H and O–H groups in total. The Morgan fingerprint density at radius 1 is 0.571 bits per heavy atom. The Hall–Kier alpha value is -6.24. The van der Waals surface area contributed by atoms with Crippen molar-refractivity contribution in [3.63, 3.8) is 0 Å². The average molecular weight is 935 g/mol. The summed E-state index contributed by atoms with van der Waals surface area (Å²) in [5.74, 6) is 0. The van der Waals surface area contributed by atoms with Gasteiger partial charge in [0.1, 0.15) is 16.7 Å². The van der Waals surface area contributed by atoms with E-state index in [0.717, 1.165) is 55.6 Å².